The minimum Gasteiger partial charge on any atom is -0.497 e. The number of aliphatic hydroxyl groups excluding tert-OH is 1. The predicted octanol–water partition coefficient (Wildman–Crippen LogP) is 0.845. The molecule has 108 valence electrons. The van der Waals surface area contributed by atoms with Gasteiger partial charge in [0.2, 0.25) is 0 Å². The molecule has 1 aromatic carbocycles. The van der Waals surface area contributed by atoms with Crippen molar-refractivity contribution >= 4 is 0 Å². The molecule has 1 rings (SSSR count). The van der Waals surface area contributed by atoms with Crippen molar-refractivity contribution in [1.29, 1.82) is 0 Å². The third kappa shape index (κ3) is 5.06. The molecule has 3 N–H and O–H groups in total. The predicted molar refractivity (Wildman–Crippen MR) is 75.6 cm³/mol. The summed E-state index contributed by atoms with van der Waals surface area (Å²) in [5, 5.41) is 9.73. The summed E-state index contributed by atoms with van der Waals surface area (Å²) < 4.78 is 10.5. The molecule has 0 amide bonds. The van der Waals surface area contributed by atoms with Crippen LogP contribution in [0, 0.1) is 0 Å². The van der Waals surface area contributed by atoms with Gasteiger partial charge in [0.15, 0.2) is 0 Å². The Morgan fingerprint density at radius 1 is 1.32 bits per heavy atom. The highest BCUT2D eigenvalue weighted by molar-refractivity contribution is 5.40. The van der Waals surface area contributed by atoms with E-state index in [-0.39, 0.29) is 6.10 Å². The second kappa shape index (κ2) is 7.99. The van der Waals surface area contributed by atoms with Gasteiger partial charge in [-0.1, -0.05) is 6.07 Å². The van der Waals surface area contributed by atoms with E-state index in [1.807, 2.05) is 30.1 Å². The average Bonchev–Trinajstić information content (AvgIpc) is 2.39. The van der Waals surface area contributed by atoms with Crippen LogP contribution in [0.5, 0.6) is 11.5 Å². The first-order valence-corrected chi connectivity index (χ1v) is 6.38. The van der Waals surface area contributed by atoms with Gasteiger partial charge in [0.1, 0.15) is 11.5 Å². The highest BCUT2D eigenvalue weighted by Crippen LogP contribution is 2.25. The Labute approximate surface area is 114 Å². The highest BCUT2D eigenvalue weighted by atomic mass is 16.5. The van der Waals surface area contributed by atoms with Crippen molar-refractivity contribution in [2.75, 3.05) is 34.4 Å². The molecule has 0 aliphatic carbocycles. The SMILES string of the molecule is COc1ccc(CN(C)CC(O)CCN)c(OC)c1. The number of methoxy groups -OCH3 is 2. The molecule has 0 spiro atoms. The van der Waals surface area contributed by atoms with Crippen LogP contribution in [-0.2, 0) is 6.54 Å². The van der Waals surface area contributed by atoms with Crippen molar-refractivity contribution in [3.63, 3.8) is 0 Å². The van der Waals surface area contributed by atoms with E-state index in [0.29, 0.717) is 26.1 Å². The highest BCUT2D eigenvalue weighted by Gasteiger charge is 2.11. The van der Waals surface area contributed by atoms with Gasteiger partial charge in [-0.25, -0.2) is 0 Å². The van der Waals surface area contributed by atoms with E-state index in [9.17, 15) is 5.11 Å². The molecule has 0 radical (unpaired) electrons. The zero-order valence-corrected chi connectivity index (χ0v) is 11.9. The molecule has 0 aliphatic heterocycles. The van der Waals surface area contributed by atoms with E-state index in [4.69, 9.17) is 15.2 Å². The molecule has 5 nitrogen and oxygen atoms in total. The lowest BCUT2D eigenvalue weighted by Crippen LogP contribution is -2.30. The van der Waals surface area contributed by atoms with Crippen LogP contribution >= 0.6 is 0 Å². The lowest BCUT2D eigenvalue weighted by molar-refractivity contribution is 0.116. The molecule has 5 heteroatoms. The molecule has 0 bridgehead atoms. The number of nitrogens with two attached hydrogens (primary N) is 1. The molecule has 1 atom stereocenters. The third-order valence-corrected chi connectivity index (χ3v) is 2.96. The Bertz CT molecular complexity index is 385. The zero-order chi connectivity index (χ0) is 14.3. The fraction of sp³-hybridized carbons (Fsp3) is 0.571. The number of rotatable bonds is 8. The molecule has 0 saturated carbocycles. The number of benzene rings is 1. The first-order chi connectivity index (χ1) is 9.10. The maximum absolute atomic E-state index is 9.73. The van der Waals surface area contributed by atoms with Gasteiger partial charge in [-0.05, 0) is 26.1 Å². The van der Waals surface area contributed by atoms with Crippen molar-refractivity contribution in [3.8, 4) is 11.5 Å². The van der Waals surface area contributed by atoms with Gasteiger partial charge in [0.25, 0.3) is 0 Å². The van der Waals surface area contributed by atoms with Crippen LogP contribution in [0.15, 0.2) is 18.2 Å². The van der Waals surface area contributed by atoms with Crippen LogP contribution in [0.4, 0.5) is 0 Å². The summed E-state index contributed by atoms with van der Waals surface area (Å²) >= 11 is 0. The van der Waals surface area contributed by atoms with Gasteiger partial charge in [-0.15, -0.1) is 0 Å². The van der Waals surface area contributed by atoms with Crippen LogP contribution in [0.1, 0.15) is 12.0 Å². The van der Waals surface area contributed by atoms with Crippen molar-refractivity contribution in [2.24, 2.45) is 5.73 Å². The summed E-state index contributed by atoms with van der Waals surface area (Å²) in [7, 11) is 5.23. The van der Waals surface area contributed by atoms with Crippen molar-refractivity contribution in [1.82, 2.24) is 4.90 Å². The van der Waals surface area contributed by atoms with Gasteiger partial charge < -0.3 is 20.3 Å². The van der Waals surface area contributed by atoms with E-state index in [0.717, 1.165) is 17.1 Å². The number of ether oxygens (including phenoxy) is 2. The van der Waals surface area contributed by atoms with E-state index in [2.05, 4.69) is 0 Å². The lowest BCUT2D eigenvalue weighted by Gasteiger charge is -2.21. The Balaban J connectivity index is 2.65. The minimum atomic E-state index is -0.390. The molecule has 19 heavy (non-hydrogen) atoms. The quantitative estimate of drug-likeness (QED) is 0.731. The molecule has 0 aliphatic rings. The topological polar surface area (TPSA) is 68.0 Å². The fourth-order valence-corrected chi connectivity index (χ4v) is 1.98. The van der Waals surface area contributed by atoms with E-state index >= 15 is 0 Å². The van der Waals surface area contributed by atoms with Crippen molar-refractivity contribution in [3.05, 3.63) is 23.8 Å². The summed E-state index contributed by atoms with van der Waals surface area (Å²) in [6.07, 6.45) is 0.226. The summed E-state index contributed by atoms with van der Waals surface area (Å²) in [4.78, 5) is 2.05. The van der Waals surface area contributed by atoms with Crippen LogP contribution in [0.25, 0.3) is 0 Å². The first kappa shape index (κ1) is 15.8. The number of hydrogen-bond acceptors (Lipinski definition) is 5. The smallest absolute Gasteiger partial charge is 0.127 e. The zero-order valence-electron chi connectivity index (χ0n) is 11.9. The van der Waals surface area contributed by atoms with Gasteiger partial charge in [-0.3, -0.25) is 4.90 Å². The van der Waals surface area contributed by atoms with Crippen molar-refractivity contribution < 1.29 is 14.6 Å². The second-order valence-electron chi connectivity index (χ2n) is 4.61. The summed E-state index contributed by atoms with van der Waals surface area (Å²) in [6.45, 7) is 1.79. The van der Waals surface area contributed by atoms with Crippen molar-refractivity contribution in [2.45, 2.75) is 19.1 Å². The van der Waals surface area contributed by atoms with Gasteiger partial charge in [0, 0.05) is 24.7 Å². The maximum atomic E-state index is 9.73. The normalized spacial score (nSPS) is 12.5. The van der Waals surface area contributed by atoms with Crippen LogP contribution in [0.2, 0.25) is 0 Å². The van der Waals surface area contributed by atoms with E-state index in [1.54, 1.807) is 14.2 Å². The molecular weight excluding hydrogens is 244 g/mol. The summed E-state index contributed by atoms with van der Waals surface area (Å²) in [5.74, 6) is 1.56. The monoisotopic (exact) mass is 268 g/mol. The minimum absolute atomic E-state index is 0.390. The van der Waals surface area contributed by atoms with E-state index in [1.165, 1.54) is 0 Å². The van der Waals surface area contributed by atoms with E-state index < -0.39 is 0 Å². The Hall–Kier alpha value is -1.30. The molecule has 1 unspecified atom stereocenters. The van der Waals surface area contributed by atoms with Crippen LogP contribution < -0.4 is 15.2 Å². The molecule has 1 aromatic rings. The fourth-order valence-electron chi connectivity index (χ4n) is 1.98. The van der Waals surface area contributed by atoms with Crippen LogP contribution in [-0.4, -0.2) is 50.5 Å². The van der Waals surface area contributed by atoms with Gasteiger partial charge >= 0.3 is 0 Å². The van der Waals surface area contributed by atoms with Gasteiger partial charge in [0.05, 0.1) is 20.3 Å². The summed E-state index contributed by atoms with van der Waals surface area (Å²) in [5.41, 5.74) is 6.48. The molecule has 0 aromatic heterocycles. The third-order valence-electron chi connectivity index (χ3n) is 2.96. The molecule has 0 fully saturated rings. The second-order valence-corrected chi connectivity index (χ2v) is 4.61. The number of nitrogens with zero attached hydrogens (tertiary/aromatic N) is 1. The molecular formula is C14H24N2O3. The number of likely N-dealkylation sites (N-methyl/N-ethyl adjacent to an activating group) is 1. The average molecular weight is 268 g/mol. The maximum Gasteiger partial charge on any atom is 0.127 e. The Kier molecular flexibility index (Phi) is 6.62. The number of aliphatic hydroxyl groups is 1. The molecule has 0 heterocycles. The van der Waals surface area contributed by atoms with Gasteiger partial charge in [-0.2, -0.15) is 0 Å². The Morgan fingerprint density at radius 3 is 2.63 bits per heavy atom. The number of hydrogen-bond donors (Lipinski definition) is 2. The first-order valence-electron chi connectivity index (χ1n) is 6.38. The Morgan fingerprint density at radius 2 is 2.05 bits per heavy atom. The lowest BCUT2D eigenvalue weighted by atomic mass is 10.1. The summed E-state index contributed by atoms with van der Waals surface area (Å²) in [6, 6.07) is 5.74. The van der Waals surface area contributed by atoms with Crippen LogP contribution in [0.3, 0.4) is 0 Å². The standard InChI is InChI=1S/C14H24N2O3/c1-16(10-12(17)6-7-15)9-11-4-5-13(18-2)8-14(11)19-3/h4-5,8,12,17H,6-7,9-10,15H2,1-3H3. The molecule has 0 saturated heterocycles. The largest absolute Gasteiger partial charge is 0.497 e.